The first kappa shape index (κ1) is 8.75. The van der Waals surface area contributed by atoms with Crippen LogP contribution in [0.2, 0.25) is 0 Å². The van der Waals surface area contributed by atoms with Crippen LogP contribution in [-0.4, -0.2) is 6.04 Å². The Kier molecular flexibility index (Phi) is 3.09. The molecule has 0 saturated heterocycles. The topological polar surface area (TPSA) is 26.0 Å². The summed E-state index contributed by atoms with van der Waals surface area (Å²) in [5, 5.41) is 0. The molecule has 0 fully saturated rings. The predicted octanol–water partition coefficient (Wildman–Crippen LogP) is 2.34. The van der Waals surface area contributed by atoms with E-state index in [-0.39, 0.29) is 6.04 Å². The van der Waals surface area contributed by atoms with Gasteiger partial charge in [-0.15, -0.1) is 0 Å². The van der Waals surface area contributed by atoms with Crippen molar-refractivity contribution in [3.05, 3.63) is 34.3 Å². The van der Waals surface area contributed by atoms with Gasteiger partial charge in [0.25, 0.3) is 0 Å². The fourth-order valence-electron chi connectivity index (χ4n) is 1.04. The van der Waals surface area contributed by atoms with Crippen molar-refractivity contribution in [2.24, 2.45) is 5.73 Å². The van der Waals surface area contributed by atoms with Crippen LogP contribution in [0, 0.1) is 0 Å². The van der Waals surface area contributed by atoms with E-state index in [0.717, 1.165) is 10.9 Å². The summed E-state index contributed by atoms with van der Waals surface area (Å²) in [5.41, 5.74) is 6.95. The first-order chi connectivity index (χ1) is 5.18. The Morgan fingerprint density at radius 2 is 2.27 bits per heavy atom. The molecule has 1 nitrogen and oxygen atoms in total. The molecular weight excluding hydrogens is 202 g/mol. The average Bonchev–Trinajstić information content (AvgIpc) is 1.85. The molecule has 0 aliphatic rings. The number of hydrogen-bond donors (Lipinski definition) is 1. The van der Waals surface area contributed by atoms with Crippen molar-refractivity contribution in [3.8, 4) is 0 Å². The van der Waals surface area contributed by atoms with Gasteiger partial charge in [0.15, 0.2) is 0 Å². The molecular formula is C9H12BrN. The summed E-state index contributed by atoms with van der Waals surface area (Å²) in [6.45, 7) is 2.01. The number of nitrogens with two attached hydrogens (primary N) is 1. The van der Waals surface area contributed by atoms with Crippen molar-refractivity contribution in [2.45, 2.75) is 19.4 Å². The molecule has 0 aliphatic carbocycles. The second-order valence-corrected chi connectivity index (χ2v) is 3.73. The van der Waals surface area contributed by atoms with Crippen LogP contribution in [0.25, 0.3) is 0 Å². The van der Waals surface area contributed by atoms with Gasteiger partial charge in [-0.05, 0) is 31.0 Å². The van der Waals surface area contributed by atoms with Gasteiger partial charge in [0.05, 0.1) is 0 Å². The van der Waals surface area contributed by atoms with Crippen molar-refractivity contribution in [2.75, 3.05) is 0 Å². The van der Waals surface area contributed by atoms with E-state index in [2.05, 4.69) is 28.1 Å². The highest BCUT2D eigenvalue weighted by Crippen LogP contribution is 2.12. The minimum Gasteiger partial charge on any atom is -0.328 e. The summed E-state index contributed by atoms with van der Waals surface area (Å²) in [6, 6.07) is 8.48. The van der Waals surface area contributed by atoms with E-state index in [1.165, 1.54) is 5.56 Å². The first-order valence-electron chi connectivity index (χ1n) is 3.68. The molecule has 0 amide bonds. The molecule has 0 heterocycles. The second kappa shape index (κ2) is 3.88. The highest BCUT2D eigenvalue weighted by atomic mass is 79.9. The van der Waals surface area contributed by atoms with E-state index in [1.807, 2.05) is 19.1 Å². The van der Waals surface area contributed by atoms with Crippen LogP contribution < -0.4 is 5.73 Å². The lowest BCUT2D eigenvalue weighted by Crippen LogP contribution is -2.17. The summed E-state index contributed by atoms with van der Waals surface area (Å²) < 4.78 is 1.12. The maximum Gasteiger partial charge on any atom is 0.0178 e. The van der Waals surface area contributed by atoms with Crippen molar-refractivity contribution in [1.29, 1.82) is 0 Å². The molecule has 1 atom stereocenters. The van der Waals surface area contributed by atoms with E-state index in [9.17, 15) is 0 Å². The maximum absolute atomic E-state index is 5.66. The Morgan fingerprint density at radius 1 is 1.55 bits per heavy atom. The van der Waals surface area contributed by atoms with Crippen molar-refractivity contribution >= 4 is 15.9 Å². The van der Waals surface area contributed by atoms with Crippen molar-refractivity contribution < 1.29 is 0 Å². The molecule has 0 aliphatic heterocycles. The lowest BCUT2D eigenvalue weighted by atomic mass is 10.1. The van der Waals surface area contributed by atoms with E-state index < -0.39 is 0 Å². The highest BCUT2D eigenvalue weighted by molar-refractivity contribution is 9.10. The minimum atomic E-state index is 0.240. The van der Waals surface area contributed by atoms with Crippen molar-refractivity contribution in [1.82, 2.24) is 0 Å². The van der Waals surface area contributed by atoms with Gasteiger partial charge < -0.3 is 5.73 Å². The van der Waals surface area contributed by atoms with Gasteiger partial charge in [-0.25, -0.2) is 0 Å². The third kappa shape index (κ3) is 3.04. The van der Waals surface area contributed by atoms with Gasteiger partial charge in [0.2, 0.25) is 0 Å². The van der Waals surface area contributed by atoms with Gasteiger partial charge in [0.1, 0.15) is 0 Å². The van der Waals surface area contributed by atoms with Crippen LogP contribution in [0.5, 0.6) is 0 Å². The maximum atomic E-state index is 5.66. The zero-order chi connectivity index (χ0) is 8.27. The smallest absolute Gasteiger partial charge is 0.0178 e. The summed E-state index contributed by atoms with van der Waals surface area (Å²) >= 11 is 3.41. The summed E-state index contributed by atoms with van der Waals surface area (Å²) in [4.78, 5) is 0. The standard InChI is InChI=1S/C9H12BrN/c1-7(11)5-8-3-2-4-9(10)6-8/h2-4,6-7H,5,11H2,1H3/t7-/m0/s1. The molecule has 0 spiro atoms. The molecule has 1 rings (SSSR count). The first-order valence-corrected chi connectivity index (χ1v) is 4.48. The van der Waals surface area contributed by atoms with Crippen LogP contribution >= 0.6 is 15.9 Å². The quantitative estimate of drug-likeness (QED) is 0.803. The fourth-order valence-corrected chi connectivity index (χ4v) is 1.48. The lowest BCUT2D eigenvalue weighted by molar-refractivity contribution is 0.738. The monoisotopic (exact) mass is 213 g/mol. The molecule has 0 bridgehead atoms. The Balaban J connectivity index is 2.71. The zero-order valence-electron chi connectivity index (χ0n) is 6.55. The average molecular weight is 214 g/mol. The van der Waals surface area contributed by atoms with E-state index in [1.54, 1.807) is 0 Å². The zero-order valence-corrected chi connectivity index (χ0v) is 8.14. The molecule has 1 aromatic rings. The normalized spacial score (nSPS) is 13.0. The third-order valence-electron chi connectivity index (χ3n) is 1.45. The third-order valence-corrected chi connectivity index (χ3v) is 1.94. The van der Waals surface area contributed by atoms with Gasteiger partial charge in [-0.2, -0.15) is 0 Å². The number of halogens is 1. The molecule has 2 heteroatoms. The molecule has 0 saturated carbocycles. The number of rotatable bonds is 2. The van der Waals surface area contributed by atoms with Gasteiger partial charge >= 0.3 is 0 Å². The number of benzene rings is 1. The van der Waals surface area contributed by atoms with E-state index >= 15 is 0 Å². The molecule has 0 aromatic heterocycles. The van der Waals surface area contributed by atoms with Crippen LogP contribution in [0.15, 0.2) is 28.7 Å². The van der Waals surface area contributed by atoms with Gasteiger partial charge in [-0.3, -0.25) is 0 Å². The van der Waals surface area contributed by atoms with Crippen LogP contribution in [-0.2, 0) is 6.42 Å². The molecule has 0 unspecified atom stereocenters. The van der Waals surface area contributed by atoms with Gasteiger partial charge in [0, 0.05) is 10.5 Å². The van der Waals surface area contributed by atoms with Crippen molar-refractivity contribution in [3.63, 3.8) is 0 Å². The SMILES string of the molecule is C[C@H](N)Cc1cccc(Br)c1. The van der Waals surface area contributed by atoms with E-state index in [4.69, 9.17) is 5.73 Å². The van der Waals surface area contributed by atoms with Crippen LogP contribution in [0.3, 0.4) is 0 Å². The Labute approximate surface area is 75.7 Å². The van der Waals surface area contributed by atoms with Gasteiger partial charge in [-0.1, -0.05) is 28.1 Å². The molecule has 11 heavy (non-hydrogen) atoms. The molecule has 60 valence electrons. The number of hydrogen-bond acceptors (Lipinski definition) is 1. The summed E-state index contributed by atoms with van der Waals surface area (Å²) in [6.07, 6.45) is 0.944. The second-order valence-electron chi connectivity index (χ2n) is 2.81. The molecule has 2 N–H and O–H groups in total. The Hall–Kier alpha value is -0.340. The Morgan fingerprint density at radius 3 is 2.82 bits per heavy atom. The lowest BCUT2D eigenvalue weighted by Gasteiger charge is -2.04. The van der Waals surface area contributed by atoms with E-state index in [0.29, 0.717) is 0 Å². The highest BCUT2D eigenvalue weighted by Gasteiger charge is 1.96. The predicted molar refractivity (Wildman–Crippen MR) is 51.5 cm³/mol. The Bertz CT molecular complexity index is 233. The molecule has 1 aromatic carbocycles. The fraction of sp³-hybridized carbons (Fsp3) is 0.333. The summed E-state index contributed by atoms with van der Waals surface area (Å²) in [5.74, 6) is 0. The summed E-state index contributed by atoms with van der Waals surface area (Å²) in [7, 11) is 0. The van der Waals surface area contributed by atoms with Crippen LogP contribution in [0.4, 0.5) is 0 Å². The van der Waals surface area contributed by atoms with Crippen LogP contribution in [0.1, 0.15) is 12.5 Å². The largest absolute Gasteiger partial charge is 0.328 e. The molecule has 0 radical (unpaired) electrons. The minimum absolute atomic E-state index is 0.240.